The summed E-state index contributed by atoms with van der Waals surface area (Å²) >= 11 is 3.39. The third-order valence-corrected chi connectivity index (χ3v) is 6.41. The molecular formula is C26H31BrN2O4. The first-order valence-electron chi connectivity index (χ1n) is 11.4. The Bertz CT molecular complexity index is 998. The van der Waals surface area contributed by atoms with Crippen molar-refractivity contribution in [1.82, 2.24) is 9.80 Å². The van der Waals surface area contributed by atoms with Crippen LogP contribution in [-0.2, 0) is 9.59 Å². The van der Waals surface area contributed by atoms with E-state index in [0.29, 0.717) is 25.3 Å². The molecule has 176 valence electrons. The van der Waals surface area contributed by atoms with Crippen LogP contribution in [0, 0.1) is 0 Å². The zero-order chi connectivity index (χ0) is 24.0. The number of aliphatic hydroxyl groups is 1. The Hall–Kier alpha value is -2.64. The Morgan fingerprint density at radius 1 is 1.03 bits per heavy atom. The smallest absolute Gasteiger partial charge is 0.295 e. The van der Waals surface area contributed by atoms with Crippen molar-refractivity contribution in [1.29, 1.82) is 0 Å². The van der Waals surface area contributed by atoms with Crippen LogP contribution in [0.2, 0.25) is 0 Å². The van der Waals surface area contributed by atoms with Gasteiger partial charge in [0.2, 0.25) is 0 Å². The van der Waals surface area contributed by atoms with Crippen LogP contribution in [0.1, 0.15) is 44.4 Å². The average Bonchev–Trinajstić information content (AvgIpc) is 3.08. The van der Waals surface area contributed by atoms with Gasteiger partial charge in [0.25, 0.3) is 11.7 Å². The minimum Gasteiger partial charge on any atom is -0.507 e. The maximum Gasteiger partial charge on any atom is 0.295 e. The van der Waals surface area contributed by atoms with E-state index in [1.54, 1.807) is 29.2 Å². The SMILES string of the molecule is CCCOc1ccc([C@@H]2/C(=C(\O)c3ccc(Br)cc3)C(=O)C(=O)N2CCN(CC)CC)cc1. The molecule has 1 saturated heterocycles. The summed E-state index contributed by atoms with van der Waals surface area (Å²) in [6, 6.07) is 13.8. The Morgan fingerprint density at radius 3 is 2.24 bits per heavy atom. The minimum absolute atomic E-state index is 0.115. The molecule has 0 spiro atoms. The van der Waals surface area contributed by atoms with E-state index in [1.165, 1.54) is 0 Å². The zero-order valence-electron chi connectivity index (χ0n) is 19.4. The Labute approximate surface area is 204 Å². The third kappa shape index (κ3) is 5.65. The van der Waals surface area contributed by atoms with E-state index in [4.69, 9.17) is 4.74 Å². The van der Waals surface area contributed by atoms with Gasteiger partial charge in [-0.25, -0.2) is 0 Å². The van der Waals surface area contributed by atoms with Crippen molar-refractivity contribution < 1.29 is 19.4 Å². The molecule has 1 amide bonds. The fourth-order valence-electron chi connectivity index (χ4n) is 3.98. The number of carbonyl (C=O) groups is 2. The number of amides is 1. The van der Waals surface area contributed by atoms with Gasteiger partial charge in [-0.2, -0.15) is 0 Å². The number of halogens is 1. The van der Waals surface area contributed by atoms with Gasteiger partial charge in [-0.05, 0) is 49.3 Å². The number of likely N-dealkylation sites (N-methyl/N-ethyl adjacent to an activating group) is 1. The molecule has 0 unspecified atom stereocenters. The van der Waals surface area contributed by atoms with Crippen molar-refractivity contribution in [3.8, 4) is 5.75 Å². The number of nitrogens with zero attached hydrogens (tertiary/aromatic N) is 2. The molecule has 33 heavy (non-hydrogen) atoms. The zero-order valence-corrected chi connectivity index (χ0v) is 21.0. The van der Waals surface area contributed by atoms with Crippen LogP contribution < -0.4 is 4.74 Å². The molecule has 0 saturated carbocycles. The lowest BCUT2D eigenvalue weighted by molar-refractivity contribution is -0.140. The Balaban J connectivity index is 2.04. The highest BCUT2D eigenvalue weighted by molar-refractivity contribution is 9.10. The molecule has 2 aromatic carbocycles. The van der Waals surface area contributed by atoms with Gasteiger partial charge in [0.15, 0.2) is 0 Å². The summed E-state index contributed by atoms with van der Waals surface area (Å²) in [5.41, 5.74) is 1.37. The maximum absolute atomic E-state index is 13.1. The summed E-state index contributed by atoms with van der Waals surface area (Å²) in [7, 11) is 0. The van der Waals surface area contributed by atoms with E-state index in [0.717, 1.165) is 35.3 Å². The molecule has 0 aromatic heterocycles. The number of carbonyl (C=O) groups excluding carboxylic acids is 2. The van der Waals surface area contributed by atoms with Gasteiger partial charge in [0, 0.05) is 23.1 Å². The van der Waals surface area contributed by atoms with Crippen LogP contribution in [0.5, 0.6) is 5.75 Å². The van der Waals surface area contributed by atoms with Crippen molar-refractivity contribution >= 4 is 33.4 Å². The van der Waals surface area contributed by atoms with Crippen molar-refractivity contribution in [2.24, 2.45) is 0 Å². The van der Waals surface area contributed by atoms with E-state index in [1.807, 2.05) is 31.2 Å². The molecule has 6 nitrogen and oxygen atoms in total. The quantitative estimate of drug-likeness (QED) is 0.274. The molecule has 0 aliphatic carbocycles. The summed E-state index contributed by atoms with van der Waals surface area (Å²) in [5.74, 6) is -0.681. The largest absolute Gasteiger partial charge is 0.507 e. The predicted octanol–water partition coefficient (Wildman–Crippen LogP) is 5.00. The van der Waals surface area contributed by atoms with Crippen LogP contribution >= 0.6 is 15.9 Å². The summed E-state index contributed by atoms with van der Waals surface area (Å²) in [6.07, 6.45) is 0.903. The number of aliphatic hydroxyl groups excluding tert-OH is 1. The molecule has 2 aromatic rings. The van der Waals surface area contributed by atoms with Gasteiger partial charge in [-0.15, -0.1) is 0 Å². The molecule has 1 fully saturated rings. The van der Waals surface area contributed by atoms with Gasteiger partial charge < -0.3 is 19.6 Å². The van der Waals surface area contributed by atoms with Crippen LogP contribution in [0.25, 0.3) is 5.76 Å². The first-order chi connectivity index (χ1) is 15.9. The number of hydrogen-bond acceptors (Lipinski definition) is 5. The van der Waals surface area contributed by atoms with E-state index < -0.39 is 17.7 Å². The lowest BCUT2D eigenvalue weighted by Crippen LogP contribution is -2.38. The molecule has 0 radical (unpaired) electrons. The van der Waals surface area contributed by atoms with Crippen LogP contribution in [-0.4, -0.2) is 59.4 Å². The molecule has 3 rings (SSSR count). The number of benzene rings is 2. The first kappa shape index (κ1) is 25.0. The highest BCUT2D eigenvalue weighted by atomic mass is 79.9. The number of rotatable bonds is 10. The van der Waals surface area contributed by atoms with Crippen molar-refractivity contribution in [3.63, 3.8) is 0 Å². The Kier molecular flexibility index (Phi) is 8.69. The lowest BCUT2D eigenvalue weighted by Gasteiger charge is -2.28. The summed E-state index contributed by atoms with van der Waals surface area (Å²) in [5, 5.41) is 11.1. The number of ether oxygens (including phenoxy) is 1. The predicted molar refractivity (Wildman–Crippen MR) is 133 cm³/mol. The van der Waals surface area contributed by atoms with E-state index >= 15 is 0 Å². The molecule has 0 bridgehead atoms. The highest BCUT2D eigenvalue weighted by Crippen LogP contribution is 2.39. The standard InChI is InChI=1S/C26H31BrN2O4/c1-4-17-33-21-13-9-18(10-14-21)23-22(24(30)19-7-11-20(27)12-8-19)25(31)26(32)29(23)16-15-28(5-2)6-3/h7-14,23,30H,4-6,15-17H2,1-3H3/b24-22+/t23-/m1/s1. The number of ketones is 1. The fraction of sp³-hybridized carbons (Fsp3) is 0.385. The van der Waals surface area contributed by atoms with Crippen LogP contribution in [0.4, 0.5) is 0 Å². The molecule has 1 N–H and O–H groups in total. The minimum atomic E-state index is -0.663. The second kappa shape index (κ2) is 11.5. The molecule has 1 atom stereocenters. The fourth-order valence-corrected chi connectivity index (χ4v) is 4.24. The molecule has 1 aliphatic rings. The normalized spacial score (nSPS) is 17.7. The van der Waals surface area contributed by atoms with E-state index in [-0.39, 0.29) is 11.3 Å². The average molecular weight is 515 g/mol. The van der Waals surface area contributed by atoms with E-state index in [9.17, 15) is 14.7 Å². The van der Waals surface area contributed by atoms with Crippen LogP contribution in [0.3, 0.4) is 0 Å². The second-order valence-corrected chi connectivity index (χ2v) is 8.86. The number of likely N-dealkylation sites (tertiary alicyclic amines) is 1. The van der Waals surface area contributed by atoms with Crippen molar-refractivity contribution in [2.45, 2.75) is 33.2 Å². The van der Waals surface area contributed by atoms with Crippen molar-refractivity contribution in [3.05, 3.63) is 69.7 Å². The van der Waals surface area contributed by atoms with Gasteiger partial charge in [0.1, 0.15) is 11.5 Å². The molecular weight excluding hydrogens is 484 g/mol. The maximum atomic E-state index is 13.1. The molecule has 1 aliphatic heterocycles. The Morgan fingerprint density at radius 2 is 1.67 bits per heavy atom. The summed E-state index contributed by atoms with van der Waals surface area (Å²) in [6.45, 7) is 9.54. The summed E-state index contributed by atoms with van der Waals surface area (Å²) < 4.78 is 6.54. The van der Waals surface area contributed by atoms with Gasteiger partial charge in [-0.1, -0.05) is 61.0 Å². The number of hydrogen-bond donors (Lipinski definition) is 1. The third-order valence-electron chi connectivity index (χ3n) is 5.88. The van der Waals surface area contributed by atoms with Gasteiger partial charge in [0.05, 0.1) is 18.2 Å². The molecule has 7 heteroatoms. The van der Waals surface area contributed by atoms with Gasteiger partial charge >= 0.3 is 0 Å². The first-order valence-corrected chi connectivity index (χ1v) is 12.2. The second-order valence-electron chi connectivity index (χ2n) is 7.94. The van der Waals surface area contributed by atoms with Crippen LogP contribution in [0.15, 0.2) is 58.6 Å². The topological polar surface area (TPSA) is 70.1 Å². The number of Topliss-reactive ketones (excluding diaryl/α,β-unsaturated/α-hetero) is 1. The van der Waals surface area contributed by atoms with E-state index in [2.05, 4.69) is 34.7 Å². The lowest BCUT2D eigenvalue weighted by atomic mass is 9.95. The molecule has 1 heterocycles. The summed E-state index contributed by atoms with van der Waals surface area (Å²) in [4.78, 5) is 30.0. The van der Waals surface area contributed by atoms with Gasteiger partial charge in [-0.3, -0.25) is 9.59 Å². The monoisotopic (exact) mass is 514 g/mol. The van der Waals surface area contributed by atoms with Crippen molar-refractivity contribution in [2.75, 3.05) is 32.8 Å². The highest BCUT2D eigenvalue weighted by Gasteiger charge is 2.45.